The molecule has 0 aliphatic carbocycles. The number of benzene rings is 2. The van der Waals surface area contributed by atoms with Gasteiger partial charge in [-0.05, 0) is 75.1 Å². The molecular weight excluding hydrogens is 550 g/mol. The molecule has 2 fully saturated rings. The van der Waals surface area contributed by atoms with Crippen LogP contribution >= 0.6 is 0 Å². The van der Waals surface area contributed by atoms with Crippen LogP contribution in [-0.4, -0.2) is 68.0 Å². The fraction of sp³-hybridized carbons (Fsp3) is 0.400. The highest BCUT2D eigenvalue weighted by atomic mass is 32.2. The number of halogens is 2. The SMILES string of the molecule is Cc1ccc(C)c(N2CCN(C(=O)C3CCN(S(=O)(=O)c4c(C)noc4C=Cc4ccc(F)cc4F)CC3)CC2)c1. The van der Waals surface area contributed by atoms with Gasteiger partial charge in [0.15, 0.2) is 10.7 Å². The number of aryl methyl sites for hydroxylation is 3. The van der Waals surface area contributed by atoms with Gasteiger partial charge >= 0.3 is 0 Å². The maximum Gasteiger partial charge on any atom is 0.248 e. The Labute approximate surface area is 239 Å². The Morgan fingerprint density at radius 1 is 0.951 bits per heavy atom. The maximum absolute atomic E-state index is 14.1. The van der Waals surface area contributed by atoms with Crippen molar-refractivity contribution in [3.63, 3.8) is 0 Å². The van der Waals surface area contributed by atoms with E-state index >= 15 is 0 Å². The lowest BCUT2D eigenvalue weighted by Crippen LogP contribution is -2.52. The monoisotopic (exact) mass is 584 g/mol. The summed E-state index contributed by atoms with van der Waals surface area (Å²) in [6, 6.07) is 9.52. The van der Waals surface area contributed by atoms with E-state index in [1.807, 2.05) is 4.90 Å². The Morgan fingerprint density at radius 2 is 1.66 bits per heavy atom. The molecule has 0 atom stereocenters. The van der Waals surface area contributed by atoms with Crippen LogP contribution in [-0.2, 0) is 14.8 Å². The number of hydrogen-bond acceptors (Lipinski definition) is 6. The first-order valence-electron chi connectivity index (χ1n) is 13.7. The summed E-state index contributed by atoms with van der Waals surface area (Å²) in [5, 5.41) is 3.82. The van der Waals surface area contributed by atoms with Gasteiger partial charge in [-0.15, -0.1) is 0 Å². The van der Waals surface area contributed by atoms with Crippen LogP contribution < -0.4 is 4.90 Å². The molecule has 41 heavy (non-hydrogen) atoms. The standard InChI is InChI=1S/C30H34F2N4O4S/c1-20-4-5-21(2)27(18-20)34-14-16-35(17-15-34)30(37)24-10-12-36(13-11-24)41(38,39)29-22(3)33-40-28(29)9-7-23-6-8-25(31)19-26(23)32/h4-9,18-19,24H,10-17H2,1-3H3. The van der Waals surface area contributed by atoms with Crippen molar-refractivity contribution in [1.29, 1.82) is 0 Å². The van der Waals surface area contributed by atoms with Crippen LogP contribution in [0, 0.1) is 38.3 Å². The van der Waals surface area contributed by atoms with Gasteiger partial charge in [0.2, 0.25) is 15.9 Å². The molecule has 0 spiro atoms. The average molecular weight is 585 g/mol. The van der Waals surface area contributed by atoms with Crippen LogP contribution in [0.4, 0.5) is 14.5 Å². The second-order valence-electron chi connectivity index (χ2n) is 10.7. The van der Waals surface area contributed by atoms with Crippen molar-refractivity contribution in [2.45, 2.75) is 38.5 Å². The number of nitrogens with zero attached hydrogens (tertiary/aromatic N) is 4. The summed E-state index contributed by atoms with van der Waals surface area (Å²) in [5.74, 6) is -1.68. The number of amides is 1. The quantitative estimate of drug-likeness (QED) is 0.414. The number of rotatable bonds is 6. The Bertz CT molecular complexity index is 1570. The summed E-state index contributed by atoms with van der Waals surface area (Å²) in [5.41, 5.74) is 3.89. The molecule has 0 radical (unpaired) electrons. The molecule has 8 nitrogen and oxygen atoms in total. The fourth-order valence-electron chi connectivity index (χ4n) is 5.56. The van der Waals surface area contributed by atoms with Crippen molar-refractivity contribution in [2.24, 2.45) is 5.92 Å². The minimum Gasteiger partial charge on any atom is -0.368 e. The van der Waals surface area contributed by atoms with Crippen LogP contribution in [0.5, 0.6) is 0 Å². The minimum atomic E-state index is -3.98. The highest BCUT2D eigenvalue weighted by Crippen LogP contribution is 2.31. The Balaban J connectivity index is 1.21. The first-order chi connectivity index (χ1) is 19.5. The van der Waals surface area contributed by atoms with Gasteiger partial charge in [0, 0.05) is 62.5 Å². The minimum absolute atomic E-state index is 0.0360. The van der Waals surface area contributed by atoms with E-state index in [2.05, 4.69) is 42.1 Å². The first-order valence-corrected chi connectivity index (χ1v) is 15.2. The second-order valence-corrected chi connectivity index (χ2v) is 12.6. The smallest absolute Gasteiger partial charge is 0.248 e. The molecule has 1 aromatic heterocycles. The van der Waals surface area contributed by atoms with Gasteiger partial charge in [-0.1, -0.05) is 17.3 Å². The summed E-state index contributed by atoms with van der Waals surface area (Å²) in [4.78, 5) is 17.5. The van der Waals surface area contributed by atoms with Crippen LogP contribution in [0.3, 0.4) is 0 Å². The average Bonchev–Trinajstić information content (AvgIpc) is 3.34. The summed E-state index contributed by atoms with van der Waals surface area (Å²) in [6.07, 6.45) is 3.48. The molecule has 2 saturated heterocycles. The Kier molecular flexibility index (Phi) is 8.28. The summed E-state index contributed by atoms with van der Waals surface area (Å²) < 4.78 is 61.0. The Hall–Kier alpha value is -3.57. The molecule has 218 valence electrons. The number of piperidine rings is 1. The zero-order valence-electron chi connectivity index (χ0n) is 23.4. The molecule has 2 aromatic carbocycles. The lowest BCUT2D eigenvalue weighted by Gasteiger charge is -2.39. The van der Waals surface area contributed by atoms with Gasteiger partial charge < -0.3 is 14.3 Å². The molecule has 0 N–H and O–H groups in total. The van der Waals surface area contributed by atoms with Crippen LogP contribution in [0.15, 0.2) is 45.8 Å². The van der Waals surface area contributed by atoms with Gasteiger partial charge in [0.1, 0.15) is 17.3 Å². The van der Waals surface area contributed by atoms with Gasteiger partial charge in [-0.3, -0.25) is 4.79 Å². The zero-order valence-corrected chi connectivity index (χ0v) is 24.3. The molecule has 0 saturated carbocycles. The number of piperazine rings is 1. The molecule has 0 unspecified atom stereocenters. The van der Waals surface area contributed by atoms with Crippen LogP contribution in [0.2, 0.25) is 0 Å². The molecule has 3 aromatic rings. The molecular formula is C30H34F2N4O4S. The topological polar surface area (TPSA) is 87.0 Å². The number of anilines is 1. The van der Waals surface area contributed by atoms with Crippen molar-refractivity contribution >= 4 is 33.8 Å². The zero-order chi connectivity index (χ0) is 29.3. The molecule has 2 aliphatic rings. The normalized spacial score (nSPS) is 17.5. The number of sulfonamides is 1. The van der Waals surface area contributed by atoms with E-state index in [0.29, 0.717) is 25.9 Å². The third-order valence-electron chi connectivity index (χ3n) is 7.91. The van der Waals surface area contributed by atoms with Crippen LogP contribution in [0.25, 0.3) is 12.2 Å². The van der Waals surface area contributed by atoms with Crippen molar-refractivity contribution in [1.82, 2.24) is 14.4 Å². The summed E-state index contributed by atoms with van der Waals surface area (Å²) in [6.45, 7) is 8.88. The van der Waals surface area contributed by atoms with Crippen molar-refractivity contribution in [3.05, 3.63) is 76.2 Å². The van der Waals surface area contributed by atoms with Crippen molar-refractivity contribution in [3.8, 4) is 0 Å². The summed E-state index contributed by atoms with van der Waals surface area (Å²) >= 11 is 0. The van der Waals surface area contributed by atoms with E-state index in [1.165, 1.54) is 46.3 Å². The predicted octanol–water partition coefficient (Wildman–Crippen LogP) is 4.80. The fourth-order valence-corrected chi connectivity index (χ4v) is 7.28. The van der Waals surface area contributed by atoms with E-state index in [9.17, 15) is 22.0 Å². The molecule has 2 aliphatic heterocycles. The van der Waals surface area contributed by atoms with E-state index in [1.54, 1.807) is 0 Å². The van der Waals surface area contributed by atoms with Crippen molar-refractivity contribution in [2.75, 3.05) is 44.2 Å². The molecule has 0 bridgehead atoms. The molecule has 5 rings (SSSR count). The first kappa shape index (κ1) is 28.9. The third-order valence-corrected chi connectivity index (χ3v) is 9.97. The van der Waals surface area contributed by atoms with E-state index in [4.69, 9.17) is 4.52 Å². The molecule has 1 amide bonds. The van der Waals surface area contributed by atoms with E-state index in [0.717, 1.165) is 25.2 Å². The lowest BCUT2D eigenvalue weighted by molar-refractivity contribution is -0.137. The Morgan fingerprint density at radius 3 is 2.34 bits per heavy atom. The van der Waals surface area contributed by atoms with E-state index < -0.39 is 21.7 Å². The largest absolute Gasteiger partial charge is 0.368 e. The third kappa shape index (κ3) is 6.06. The van der Waals surface area contributed by atoms with Gasteiger partial charge in [-0.25, -0.2) is 17.2 Å². The molecule has 3 heterocycles. The lowest BCUT2D eigenvalue weighted by atomic mass is 9.96. The van der Waals surface area contributed by atoms with Crippen LogP contribution in [0.1, 0.15) is 41.0 Å². The van der Waals surface area contributed by atoms with Crippen molar-refractivity contribution < 1.29 is 26.5 Å². The summed E-state index contributed by atoms with van der Waals surface area (Å²) in [7, 11) is -3.98. The number of aromatic nitrogens is 1. The van der Waals surface area contributed by atoms with Gasteiger partial charge in [0.05, 0.1) is 0 Å². The van der Waals surface area contributed by atoms with Gasteiger partial charge in [0.25, 0.3) is 0 Å². The number of carbonyl (C=O) groups excluding carboxylic acids is 1. The van der Waals surface area contributed by atoms with Gasteiger partial charge in [-0.2, -0.15) is 4.31 Å². The maximum atomic E-state index is 14.1. The second kappa shape index (κ2) is 11.7. The number of carbonyl (C=O) groups is 1. The van der Waals surface area contributed by atoms with E-state index in [-0.39, 0.29) is 46.8 Å². The highest BCUT2D eigenvalue weighted by molar-refractivity contribution is 7.89. The predicted molar refractivity (Wildman–Crippen MR) is 153 cm³/mol. The number of hydrogen-bond donors (Lipinski definition) is 0. The molecule has 11 heteroatoms. The highest BCUT2D eigenvalue weighted by Gasteiger charge is 2.37.